The molecule has 2 aromatic carbocycles. The van der Waals surface area contributed by atoms with E-state index in [1.165, 1.54) is 18.2 Å². The van der Waals surface area contributed by atoms with Crippen molar-refractivity contribution in [3.63, 3.8) is 0 Å². The van der Waals surface area contributed by atoms with Gasteiger partial charge in [-0.3, -0.25) is 4.55 Å². The van der Waals surface area contributed by atoms with Crippen molar-refractivity contribution >= 4 is 22.6 Å². The van der Waals surface area contributed by atoms with Gasteiger partial charge in [-0.1, -0.05) is 30.3 Å². The van der Waals surface area contributed by atoms with Gasteiger partial charge in [-0.15, -0.1) is 0 Å². The second kappa shape index (κ2) is 8.68. The first-order valence-corrected chi connectivity index (χ1v) is 6.70. The van der Waals surface area contributed by atoms with E-state index in [1.807, 2.05) is 12.9 Å². The summed E-state index contributed by atoms with van der Waals surface area (Å²) in [7, 11) is -4.16. The number of phenols is 1. The number of rotatable bonds is 1. The maximum Gasteiger partial charge on any atom is 0.296 e. The average Bonchev–Trinajstić information content (AvgIpc) is 2.42. The summed E-state index contributed by atoms with van der Waals surface area (Å²) in [6, 6.07) is 14.4. The minimum absolute atomic E-state index is 0.0509. The molecule has 7 heteroatoms. The summed E-state index contributed by atoms with van der Waals surface area (Å²) in [6.07, 6.45) is 0. The monoisotopic (exact) mass is 297 g/mol. The van der Waals surface area contributed by atoms with Crippen LogP contribution in [0.3, 0.4) is 0 Å². The summed E-state index contributed by atoms with van der Waals surface area (Å²) in [6.45, 7) is 2.00. The highest BCUT2D eigenvalue weighted by Crippen LogP contribution is 2.15. The molecule has 6 nitrogen and oxygen atoms in total. The van der Waals surface area contributed by atoms with Gasteiger partial charge in [-0.2, -0.15) is 8.42 Å². The smallest absolute Gasteiger partial charge is 0.296 e. The highest BCUT2D eigenvalue weighted by atomic mass is 32.2. The van der Waals surface area contributed by atoms with Crippen molar-refractivity contribution < 1.29 is 22.9 Å². The van der Waals surface area contributed by atoms with E-state index in [9.17, 15) is 8.42 Å². The van der Waals surface area contributed by atoms with Gasteiger partial charge < -0.3 is 15.6 Å². The summed E-state index contributed by atoms with van der Waals surface area (Å²) >= 11 is 0. The van der Waals surface area contributed by atoms with Crippen molar-refractivity contribution in [2.75, 3.05) is 5.73 Å². The van der Waals surface area contributed by atoms with E-state index in [4.69, 9.17) is 20.2 Å². The van der Waals surface area contributed by atoms with Gasteiger partial charge in [0.15, 0.2) is 0 Å². The van der Waals surface area contributed by atoms with Crippen LogP contribution in [-0.2, 0) is 14.9 Å². The topological polar surface area (TPSA) is 118 Å². The quantitative estimate of drug-likeness (QED) is 0.545. The summed E-state index contributed by atoms with van der Waals surface area (Å²) in [4.78, 5) is 7.75. The van der Waals surface area contributed by atoms with Gasteiger partial charge in [0.1, 0.15) is 17.4 Å². The molecule has 0 bridgehead atoms. The third-order valence-electron chi connectivity index (χ3n) is 1.95. The lowest BCUT2D eigenvalue weighted by molar-refractivity contribution is -0.0979. The minimum Gasteiger partial charge on any atom is -0.508 e. The number of aromatic hydroxyl groups is 1. The fourth-order valence-electron chi connectivity index (χ4n) is 1.14. The predicted molar refractivity (Wildman–Crippen MR) is 75.9 cm³/mol. The number of anilines is 1. The first-order valence-electron chi connectivity index (χ1n) is 5.26. The molecule has 0 fully saturated rings. The fourth-order valence-corrected chi connectivity index (χ4v) is 1.76. The van der Waals surface area contributed by atoms with E-state index in [-0.39, 0.29) is 10.6 Å². The molecule has 0 saturated heterocycles. The summed E-state index contributed by atoms with van der Waals surface area (Å²) in [5, 5.41) is 8.63. The van der Waals surface area contributed by atoms with Crippen LogP contribution in [0.1, 0.15) is 0 Å². The second-order valence-corrected chi connectivity index (χ2v) is 4.74. The Morgan fingerprint density at radius 2 is 1.35 bits per heavy atom. The van der Waals surface area contributed by atoms with Crippen molar-refractivity contribution in [3.8, 4) is 5.75 Å². The van der Waals surface area contributed by atoms with Gasteiger partial charge >= 0.3 is 0 Å². The molecular weight excluding hydrogens is 282 g/mol. The van der Waals surface area contributed by atoms with Crippen LogP contribution in [0.5, 0.6) is 5.75 Å². The SMILES string of the molecule is C=O.Nc1ccccc1S(=O)(=O)O.Oc1ccccc1. The van der Waals surface area contributed by atoms with Crippen molar-refractivity contribution in [1.29, 1.82) is 0 Å². The van der Waals surface area contributed by atoms with Crippen molar-refractivity contribution in [1.82, 2.24) is 0 Å². The molecule has 0 unspecified atom stereocenters. The Morgan fingerprint density at radius 3 is 1.65 bits per heavy atom. The van der Waals surface area contributed by atoms with Gasteiger partial charge in [0, 0.05) is 0 Å². The van der Waals surface area contributed by atoms with Crippen molar-refractivity contribution in [3.05, 3.63) is 54.6 Å². The van der Waals surface area contributed by atoms with Crippen LogP contribution in [0.4, 0.5) is 5.69 Å². The zero-order valence-electron chi connectivity index (χ0n) is 10.5. The first-order chi connectivity index (χ1) is 9.41. The number of hydrogen-bond acceptors (Lipinski definition) is 5. The number of benzene rings is 2. The standard InChI is InChI=1S/C6H7NO3S.C6H6O.CH2O/c7-5-3-1-2-4-6(5)11(8,9)10;7-6-4-2-1-3-5-6;1-2/h1-4H,7H2,(H,8,9,10);1-5,7H;1H2. The largest absolute Gasteiger partial charge is 0.508 e. The Hall–Kier alpha value is -2.38. The Balaban J connectivity index is 0.000000345. The molecule has 108 valence electrons. The van der Waals surface area contributed by atoms with Crippen LogP contribution in [0, 0.1) is 0 Å². The summed E-state index contributed by atoms with van der Waals surface area (Å²) < 4.78 is 29.6. The molecule has 0 aliphatic rings. The highest BCUT2D eigenvalue weighted by molar-refractivity contribution is 7.86. The maximum atomic E-state index is 10.5. The lowest BCUT2D eigenvalue weighted by atomic mass is 10.3. The Labute approximate surface area is 117 Å². The Kier molecular flexibility index (Phi) is 7.64. The Morgan fingerprint density at radius 1 is 0.900 bits per heavy atom. The Bertz CT molecular complexity index is 614. The van der Waals surface area contributed by atoms with E-state index in [0.717, 1.165) is 0 Å². The molecule has 2 rings (SSSR count). The van der Waals surface area contributed by atoms with E-state index in [2.05, 4.69) is 0 Å². The van der Waals surface area contributed by atoms with Crippen LogP contribution in [-0.4, -0.2) is 24.9 Å². The number of nitrogens with two attached hydrogens (primary N) is 1. The van der Waals surface area contributed by atoms with Crippen molar-refractivity contribution in [2.45, 2.75) is 4.90 Å². The molecular formula is C13H15NO5S. The zero-order chi connectivity index (χ0) is 15.6. The normalized spacial score (nSPS) is 9.45. The lowest BCUT2D eigenvalue weighted by Gasteiger charge is -1.98. The zero-order valence-corrected chi connectivity index (χ0v) is 11.3. The average molecular weight is 297 g/mol. The molecule has 0 aliphatic carbocycles. The molecule has 0 amide bonds. The minimum atomic E-state index is -4.16. The molecule has 0 spiro atoms. The number of para-hydroxylation sites is 2. The van der Waals surface area contributed by atoms with Gasteiger partial charge in [-0.25, -0.2) is 0 Å². The molecule has 4 N–H and O–H groups in total. The van der Waals surface area contributed by atoms with E-state index in [1.54, 1.807) is 30.3 Å². The number of nitrogen functional groups attached to an aromatic ring is 1. The number of hydrogen-bond donors (Lipinski definition) is 3. The predicted octanol–water partition coefficient (Wildman–Crippen LogP) is 1.72. The molecule has 0 aliphatic heterocycles. The van der Waals surface area contributed by atoms with Crippen molar-refractivity contribution in [2.24, 2.45) is 0 Å². The molecule has 0 atom stereocenters. The van der Waals surface area contributed by atoms with Crippen LogP contribution in [0.15, 0.2) is 59.5 Å². The third kappa shape index (κ3) is 6.53. The van der Waals surface area contributed by atoms with Crippen LogP contribution in [0.2, 0.25) is 0 Å². The summed E-state index contributed by atoms with van der Waals surface area (Å²) in [5.74, 6) is 0.322. The number of phenolic OH excluding ortho intramolecular Hbond substituents is 1. The van der Waals surface area contributed by atoms with E-state index in [0.29, 0.717) is 5.75 Å². The highest BCUT2D eigenvalue weighted by Gasteiger charge is 2.11. The van der Waals surface area contributed by atoms with Crippen LogP contribution >= 0.6 is 0 Å². The second-order valence-electron chi connectivity index (χ2n) is 3.35. The molecule has 0 aromatic heterocycles. The van der Waals surface area contributed by atoms with Gasteiger partial charge in [0.2, 0.25) is 0 Å². The molecule has 0 saturated carbocycles. The summed E-state index contributed by atoms with van der Waals surface area (Å²) in [5.41, 5.74) is 5.32. The molecule has 0 heterocycles. The number of carbonyl (C=O) groups excluding carboxylic acids is 1. The fraction of sp³-hybridized carbons (Fsp3) is 0. The van der Waals surface area contributed by atoms with Gasteiger partial charge in [-0.05, 0) is 24.3 Å². The number of carbonyl (C=O) groups is 1. The van der Waals surface area contributed by atoms with E-state index < -0.39 is 10.1 Å². The van der Waals surface area contributed by atoms with Crippen LogP contribution < -0.4 is 5.73 Å². The molecule has 20 heavy (non-hydrogen) atoms. The van der Waals surface area contributed by atoms with Gasteiger partial charge in [0.25, 0.3) is 10.1 Å². The van der Waals surface area contributed by atoms with Gasteiger partial charge in [0.05, 0.1) is 5.69 Å². The lowest BCUT2D eigenvalue weighted by Crippen LogP contribution is -2.01. The van der Waals surface area contributed by atoms with E-state index >= 15 is 0 Å². The molecule has 0 radical (unpaired) electrons. The maximum absolute atomic E-state index is 10.5. The van der Waals surface area contributed by atoms with Crippen LogP contribution in [0.25, 0.3) is 0 Å². The molecule has 2 aromatic rings. The third-order valence-corrected chi connectivity index (χ3v) is 2.88. The first kappa shape index (κ1) is 17.6.